The maximum atomic E-state index is 13.1. The van der Waals surface area contributed by atoms with Crippen LogP contribution in [0.25, 0.3) is 0 Å². The normalized spacial score (nSPS) is 11.2. The Bertz CT molecular complexity index is 1030. The largest absolute Gasteiger partial charge is 0.367 e. The van der Waals surface area contributed by atoms with Gasteiger partial charge in [-0.05, 0) is 55.0 Å². The number of hydrogen-bond donors (Lipinski definition) is 3. The van der Waals surface area contributed by atoms with Crippen molar-refractivity contribution in [2.75, 3.05) is 23.7 Å². The summed E-state index contributed by atoms with van der Waals surface area (Å²) < 4.78 is 40.2. The highest BCUT2D eigenvalue weighted by molar-refractivity contribution is 7.89. The van der Waals surface area contributed by atoms with E-state index in [4.69, 9.17) is 0 Å². The second-order valence-electron chi connectivity index (χ2n) is 5.90. The lowest BCUT2D eigenvalue weighted by molar-refractivity contribution is 0.581. The van der Waals surface area contributed by atoms with Crippen molar-refractivity contribution < 1.29 is 12.8 Å². The Kier molecular flexibility index (Phi) is 6.12. The lowest BCUT2D eigenvalue weighted by Gasteiger charge is -2.10. The van der Waals surface area contributed by atoms with Gasteiger partial charge in [-0.2, -0.15) is 0 Å². The van der Waals surface area contributed by atoms with Gasteiger partial charge in [0, 0.05) is 19.3 Å². The van der Waals surface area contributed by atoms with Gasteiger partial charge in [-0.25, -0.2) is 17.5 Å². The third kappa shape index (κ3) is 5.21. The fraction of sp³-hybridized carbons (Fsp3) is 0.167. The average Bonchev–Trinajstić information content (AvgIpc) is 2.67. The molecule has 0 atom stereocenters. The summed E-state index contributed by atoms with van der Waals surface area (Å²) >= 11 is 0. The number of benzene rings is 1. The molecule has 0 unspecified atom stereocenters. The van der Waals surface area contributed by atoms with Gasteiger partial charge in [0.1, 0.15) is 11.6 Å². The van der Waals surface area contributed by atoms with Gasteiger partial charge < -0.3 is 10.6 Å². The van der Waals surface area contributed by atoms with E-state index in [9.17, 15) is 12.8 Å². The molecule has 3 N–H and O–H groups in total. The van der Waals surface area contributed by atoms with E-state index >= 15 is 0 Å². The molecule has 0 saturated heterocycles. The van der Waals surface area contributed by atoms with Crippen molar-refractivity contribution in [2.45, 2.75) is 11.8 Å². The van der Waals surface area contributed by atoms with Crippen molar-refractivity contribution >= 4 is 27.3 Å². The van der Waals surface area contributed by atoms with E-state index in [0.29, 0.717) is 23.7 Å². The Morgan fingerprint density at radius 3 is 2.50 bits per heavy atom. The molecule has 146 valence electrons. The molecule has 0 radical (unpaired) electrons. The van der Waals surface area contributed by atoms with Crippen LogP contribution in [0.3, 0.4) is 0 Å². The first-order chi connectivity index (χ1) is 13.4. The van der Waals surface area contributed by atoms with Crippen LogP contribution in [0.1, 0.15) is 5.56 Å². The van der Waals surface area contributed by atoms with Crippen molar-refractivity contribution in [1.29, 1.82) is 0 Å². The highest BCUT2D eigenvalue weighted by Gasteiger charge is 2.16. The molecule has 0 aliphatic heterocycles. The van der Waals surface area contributed by atoms with Gasteiger partial charge in [0.25, 0.3) is 0 Å². The first-order valence-corrected chi connectivity index (χ1v) is 9.93. The van der Waals surface area contributed by atoms with Crippen LogP contribution in [0.5, 0.6) is 0 Å². The Morgan fingerprint density at radius 1 is 1.04 bits per heavy atom. The maximum absolute atomic E-state index is 13.1. The molecule has 8 nitrogen and oxygen atoms in total. The number of anilines is 3. The summed E-state index contributed by atoms with van der Waals surface area (Å²) in [5, 5.41) is 14.1. The molecule has 2 heterocycles. The minimum absolute atomic E-state index is 0.0551. The van der Waals surface area contributed by atoms with Gasteiger partial charge >= 0.3 is 0 Å². The second-order valence-corrected chi connectivity index (χ2v) is 7.64. The number of hydrogen-bond acceptors (Lipinski definition) is 7. The zero-order valence-electron chi connectivity index (χ0n) is 15.1. The van der Waals surface area contributed by atoms with Crippen LogP contribution in [-0.4, -0.2) is 36.7 Å². The van der Waals surface area contributed by atoms with Gasteiger partial charge in [-0.3, -0.25) is 4.98 Å². The van der Waals surface area contributed by atoms with Crippen LogP contribution < -0.4 is 15.4 Å². The summed E-state index contributed by atoms with van der Waals surface area (Å²) in [6.07, 6.45) is 3.35. The van der Waals surface area contributed by atoms with E-state index in [-0.39, 0.29) is 11.4 Å². The number of sulfonamides is 1. The summed E-state index contributed by atoms with van der Waals surface area (Å²) in [6.45, 7) is 1.99. The van der Waals surface area contributed by atoms with Crippen LogP contribution in [0.4, 0.5) is 21.7 Å². The van der Waals surface area contributed by atoms with Gasteiger partial charge in [-0.15, -0.1) is 10.2 Å². The molecule has 0 amide bonds. The molecule has 0 aliphatic rings. The molecule has 3 rings (SSSR count). The zero-order chi connectivity index (χ0) is 20.0. The van der Waals surface area contributed by atoms with Gasteiger partial charge in [0.05, 0.1) is 16.8 Å². The van der Waals surface area contributed by atoms with Crippen LogP contribution in [-0.2, 0) is 10.0 Å². The number of pyridine rings is 1. The summed E-state index contributed by atoms with van der Waals surface area (Å²) in [7, 11) is -3.71. The van der Waals surface area contributed by atoms with Crippen molar-refractivity contribution in [3.8, 4) is 0 Å². The Labute approximate surface area is 162 Å². The predicted octanol–water partition coefficient (Wildman–Crippen LogP) is 2.45. The molecule has 28 heavy (non-hydrogen) atoms. The van der Waals surface area contributed by atoms with Crippen LogP contribution in [0, 0.1) is 12.7 Å². The van der Waals surface area contributed by atoms with Crippen molar-refractivity contribution in [1.82, 2.24) is 19.9 Å². The first kappa shape index (κ1) is 19.6. The van der Waals surface area contributed by atoms with Crippen molar-refractivity contribution in [2.24, 2.45) is 0 Å². The molecule has 0 fully saturated rings. The molecular weight excluding hydrogens is 383 g/mol. The third-order valence-corrected chi connectivity index (χ3v) is 5.37. The van der Waals surface area contributed by atoms with Crippen molar-refractivity contribution in [3.05, 3.63) is 66.2 Å². The van der Waals surface area contributed by atoms with E-state index in [1.54, 1.807) is 37.5 Å². The Hall–Kier alpha value is -3.11. The summed E-state index contributed by atoms with van der Waals surface area (Å²) in [4.78, 5) is 4.06. The highest BCUT2D eigenvalue weighted by Crippen LogP contribution is 2.16. The standard InChI is InChI=1S/C18H19FN6O2S/c1-13-11-14(19)4-5-16(13)28(26,27)22-10-9-21-17-6-7-18(25-24-17)23-15-3-2-8-20-12-15/h2-8,11-12,22H,9-10H2,1H3,(H,21,24)(H,23,25). The number of aryl methyl sites for hydroxylation is 1. The third-order valence-electron chi connectivity index (χ3n) is 3.75. The van der Waals surface area contributed by atoms with Crippen LogP contribution >= 0.6 is 0 Å². The van der Waals surface area contributed by atoms with E-state index in [0.717, 1.165) is 11.8 Å². The summed E-state index contributed by atoms with van der Waals surface area (Å²) in [6, 6.07) is 10.7. The predicted molar refractivity (Wildman–Crippen MR) is 104 cm³/mol. The lowest BCUT2D eigenvalue weighted by atomic mass is 10.2. The number of halogens is 1. The molecule has 0 bridgehead atoms. The van der Waals surface area contributed by atoms with Gasteiger partial charge in [-0.1, -0.05) is 0 Å². The summed E-state index contributed by atoms with van der Waals surface area (Å²) in [5.74, 6) is 0.595. The smallest absolute Gasteiger partial charge is 0.240 e. The molecule has 0 aliphatic carbocycles. The molecule has 10 heteroatoms. The lowest BCUT2D eigenvalue weighted by Crippen LogP contribution is -2.29. The van der Waals surface area contributed by atoms with Crippen molar-refractivity contribution in [3.63, 3.8) is 0 Å². The number of rotatable bonds is 8. The monoisotopic (exact) mass is 402 g/mol. The number of nitrogens with one attached hydrogen (secondary N) is 3. The first-order valence-electron chi connectivity index (χ1n) is 8.44. The molecule has 2 aromatic heterocycles. The van der Waals surface area contributed by atoms with Gasteiger partial charge in [0.15, 0.2) is 5.82 Å². The van der Waals surface area contributed by atoms with E-state index in [2.05, 4.69) is 30.5 Å². The minimum atomic E-state index is -3.71. The SMILES string of the molecule is Cc1cc(F)ccc1S(=O)(=O)NCCNc1ccc(Nc2cccnc2)nn1. The second kappa shape index (κ2) is 8.72. The zero-order valence-corrected chi connectivity index (χ0v) is 15.9. The average molecular weight is 402 g/mol. The van der Waals surface area contributed by atoms with E-state index in [1.807, 2.05) is 6.07 Å². The topological polar surface area (TPSA) is 109 Å². The fourth-order valence-electron chi connectivity index (χ4n) is 2.45. The maximum Gasteiger partial charge on any atom is 0.240 e. The minimum Gasteiger partial charge on any atom is -0.367 e. The Balaban J connectivity index is 1.49. The Morgan fingerprint density at radius 2 is 1.82 bits per heavy atom. The fourth-order valence-corrected chi connectivity index (χ4v) is 3.70. The summed E-state index contributed by atoms with van der Waals surface area (Å²) in [5.41, 5.74) is 1.14. The van der Waals surface area contributed by atoms with E-state index in [1.165, 1.54) is 12.1 Å². The number of nitrogens with zero attached hydrogens (tertiary/aromatic N) is 3. The van der Waals surface area contributed by atoms with E-state index < -0.39 is 15.8 Å². The molecule has 3 aromatic rings. The van der Waals surface area contributed by atoms with Gasteiger partial charge in [0.2, 0.25) is 10.0 Å². The number of aromatic nitrogens is 3. The molecule has 0 saturated carbocycles. The van der Waals surface area contributed by atoms with Crippen LogP contribution in [0.2, 0.25) is 0 Å². The van der Waals surface area contributed by atoms with Crippen LogP contribution in [0.15, 0.2) is 59.8 Å². The molecule has 0 spiro atoms. The highest BCUT2D eigenvalue weighted by atomic mass is 32.2. The molecular formula is C18H19FN6O2S. The molecule has 1 aromatic carbocycles. The quantitative estimate of drug-likeness (QED) is 0.497.